The fourth-order valence-electron chi connectivity index (χ4n) is 10.3. The Hall–Kier alpha value is -1.85. The molecule has 0 heterocycles. The first-order valence-corrected chi connectivity index (χ1v) is 33.2. The fraction of sp³-hybridized carbons (Fsp3) is 0.925. The Morgan fingerprint density at radius 1 is 0.260 bits per heavy atom. The highest BCUT2D eigenvalue weighted by atomic mass is 16.6. The number of carbonyl (C=O) groups is 3. The van der Waals surface area contributed by atoms with E-state index < -0.39 is 6.10 Å². The molecule has 1 unspecified atom stereocenters. The van der Waals surface area contributed by atoms with Crippen molar-refractivity contribution in [2.45, 2.75) is 386 Å². The van der Waals surface area contributed by atoms with E-state index in [4.69, 9.17) is 14.2 Å². The van der Waals surface area contributed by atoms with Crippen molar-refractivity contribution in [2.75, 3.05) is 13.2 Å². The van der Waals surface area contributed by atoms with Crippen LogP contribution in [0, 0.1) is 0 Å². The summed E-state index contributed by atoms with van der Waals surface area (Å²) in [7, 11) is 0. The lowest BCUT2D eigenvalue weighted by Crippen LogP contribution is -2.30. The van der Waals surface area contributed by atoms with Crippen LogP contribution in [-0.4, -0.2) is 37.2 Å². The average molecular weight is 1030 g/mol. The van der Waals surface area contributed by atoms with Crippen LogP contribution in [0.1, 0.15) is 380 Å². The van der Waals surface area contributed by atoms with E-state index >= 15 is 0 Å². The van der Waals surface area contributed by atoms with Gasteiger partial charge < -0.3 is 14.2 Å². The third kappa shape index (κ3) is 60.9. The van der Waals surface area contributed by atoms with Crippen molar-refractivity contribution in [3.05, 3.63) is 12.2 Å². The van der Waals surface area contributed by atoms with E-state index in [1.807, 2.05) is 0 Å². The summed E-state index contributed by atoms with van der Waals surface area (Å²) >= 11 is 0. The topological polar surface area (TPSA) is 78.9 Å². The van der Waals surface area contributed by atoms with Crippen LogP contribution in [0.4, 0.5) is 0 Å². The molecule has 0 aromatic carbocycles. The van der Waals surface area contributed by atoms with E-state index in [1.54, 1.807) is 0 Å². The zero-order chi connectivity index (χ0) is 52.9. The summed E-state index contributed by atoms with van der Waals surface area (Å²) < 4.78 is 16.9. The van der Waals surface area contributed by atoms with E-state index in [9.17, 15) is 14.4 Å². The second-order valence-electron chi connectivity index (χ2n) is 22.7. The number of ether oxygens (including phenoxy) is 3. The molecule has 6 heteroatoms. The van der Waals surface area contributed by atoms with E-state index in [1.165, 1.54) is 283 Å². The number of allylic oxidation sites excluding steroid dienone is 2. The number of hydrogen-bond donors (Lipinski definition) is 0. The number of unbranched alkanes of at least 4 members (excludes halogenated alkanes) is 49. The highest BCUT2D eigenvalue weighted by Gasteiger charge is 2.19. The minimum atomic E-state index is -0.763. The van der Waals surface area contributed by atoms with Gasteiger partial charge in [-0.25, -0.2) is 0 Å². The van der Waals surface area contributed by atoms with Crippen LogP contribution in [0.15, 0.2) is 12.2 Å². The zero-order valence-corrected chi connectivity index (χ0v) is 49.7. The van der Waals surface area contributed by atoms with Gasteiger partial charge in [0.2, 0.25) is 0 Å². The van der Waals surface area contributed by atoms with Gasteiger partial charge in [0.15, 0.2) is 6.10 Å². The zero-order valence-electron chi connectivity index (χ0n) is 49.7. The smallest absolute Gasteiger partial charge is 0.306 e. The normalized spacial score (nSPS) is 12.0. The number of hydrogen-bond acceptors (Lipinski definition) is 6. The minimum Gasteiger partial charge on any atom is -0.462 e. The Labute approximate surface area is 456 Å². The molecule has 0 aliphatic carbocycles. The van der Waals surface area contributed by atoms with Gasteiger partial charge in [-0.15, -0.1) is 0 Å². The average Bonchev–Trinajstić information content (AvgIpc) is 3.39. The summed E-state index contributed by atoms with van der Waals surface area (Å²) in [6.07, 6.45) is 74.0. The van der Waals surface area contributed by atoms with Gasteiger partial charge in [0.25, 0.3) is 0 Å². The SMILES string of the molecule is CCCCCCCCCC/C=C\CCCCCCCCCCCCCCCCCC(=O)OCC(COC(=O)CCCCCCCCCC)OC(=O)CCCCCCCCCCCCCCCCCCCCCC. The van der Waals surface area contributed by atoms with Gasteiger partial charge in [-0.05, 0) is 44.9 Å². The second-order valence-corrected chi connectivity index (χ2v) is 22.7. The largest absolute Gasteiger partial charge is 0.462 e. The standard InChI is InChI=1S/C67H128O6/c1-4-7-10-13-16-19-21-23-25-27-29-31-32-33-34-35-36-37-39-40-42-44-46-48-51-54-57-60-66(69)72-63-64(62-71-65(68)59-56-53-50-18-15-12-9-6-3)73-67(70)61-58-55-52-49-47-45-43-41-38-30-28-26-24-22-20-17-14-11-8-5-2/h27,29,64H,4-26,28,30-63H2,1-3H3/b29-27-. The van der Waals surface area contributed by atoms with E-state index in [2.05, 4.69) is 32.9 Å². The lowest BCUT2D eigenvalue weighted by Gasteiger charge is -2.18. The highest BCUT2D eigenvalue weighted by Crippen LogP contribution is 2.18. The van der Waals surface area contributed by atoms with Gasteiger partial charge in [-0.1, -0.05) is 328 Å². The lowest BCUT2D eigenvalue weighted by molar-refractivity contribution is -0.167. The minimum absolute atomic E-state index is 0.0633. The molecule has 0 radical (unpaired) electrons. The molecular formula is C67H128O6. The van der Waals surface area contributed by atoms with Crippen LogP contribution in [0.5, 0.6) is 0 Å². The van der Waals surface area contributed by atoms with Gasteiger partial charge in [-0.2, -0.15) is 0 Å². The van der Waals surface area contributed by atoms with Gasteiger partial charge >= 0.3 is 17.9 Å². The molecule has 0 aliphatic rings. The summed E-state index contributed by atoms with van der Waals surface area (Å²) in [4.78, 5) is 38.1. The van der Waals surface area contributed by atoms with Gasteiger partial charge in [0, 0.05) is 19.3 Å². The Bertz CT molecular complexity index is 1130. The Morgan fingerprint density at radius 2 is 0.452 bits per heavy atom. The number of carbonyl (C=O) groups excluding carboxylic acids is 3. The monoisotopic (exact) mass is 1030 g/mol. The van der Waals surface area contributed by atoms with Crippen LogP contribution in [0.25, 0.3) is 0 Å². The maximum atomic E-state index is 12.9. The Morgan fingerprint density at radius 3 is 0.685 bits per heavy atom. The van der Waals surface area contributed by atoms with Crippen molar-refractivity contribution in [2.24, 2.45) is 0 Å². The van der Waals surface area contributed by atoms with Gasteiger partial charge in [0.05, 0.1) is 0 Å². The molecule has 73 heavy (non-hydrogen) atoms. The summed E-state index contributed by atoms with van der Waals surface area (Å²) in [5, 5.41) is 0. The third-order valence-corrected chi connectivity index (χ3v) is 15.3. The van der Waals surface area contributed by atoms with Crippen LogP contribution in [0.3, 0.4) is 0 Å². The number of esters is 3. The first-order valence-electron chi connectivity index (χ1n) is 33.2. The van der Waals surface area contributed by atoms with Gasteiger partial charge in [-0.3, -0.25) is 14.4 Å². The third-order valence-electron chi connectivity index (χ3n) is 15.3. The molecule has 0 bridgehead atoms. The summed E-state index contributed by atoms with van der Waals surface area (Å²) in [6.45, 7) is 6.69. The first-order chi connectivity index (χ1) is 36.0. The van der Waals surface area contributed by atoms with Crippen molar-refractivity contribution in [3.8, 4) is 0 Å². The van der Waals surface area contributed by atoms with Crippen molar-refractivity contribution < 1.29 is 28.6 Å². The summed E-state index contributed by atoms with van der Waals surface area (Å²) in [5.41, 5.74) is 0. The lowest BCUT2D eigenvalue weighted by atomic mass is 10.0. The van der Waals surface area contributed by atoms with Crippen LogP contribution in [0.2, 0.25) is 0 Å². The predicted molar refractivity (Wildman–Crippen MR) is 317 cm³/mol. The molecule has 432 valence electrons. The fourth-order valence-corrected chi connectivity index (χ4v) is 10.3. The van der Waals surface area contributed by atoms with Crippen molar-refractivity contribution >= 4 is 17.9 Å². The molecule has 0 aromatic rings. The van der Waals surface area contributed by atoms with E-state index in [0.29, 0.717) is 19.3 Å². The molecule has 0 saturated carbocycles. The van der Waals surface area contributed by atoms with E-state index in [-0.39, 0.29) is 31.1 Å². The number of rotatable bonds is 62. The van der Waals surface area contributed by atoms with Crippen LogP contribution in [-0.2, 0) is 28.6 Å². The predicted octanol–water partition coefficient (Wildman–Crippen LogP) is 22.4. The highest BCUT2D eigenvalue weighted by molar-refractivity contribution is 5.71. The van der Waals surface area contributed by atoms with E-state index in [0.717, 1.165) is 57.8 Å². The van der Waals surface area contributed by atoms with Crippen LogP contribution < -0.4 is 0 Å². The molecule has 1 atom stereocenters. The maximum absolute atomic E-state index is 12.9. The van der Waals surface area contributed by atoms with Gasteiger partial charge in [0.1, 0.15) is 13.2 Å². The second kappa shape index (κ2) is 62.7. The van der Waals surface area contributed by atoms with Crippen molar-refractivity contribution in [3.63, 3.8) is 0 Å². The molecule has 0 aromatic heterocycles. The molecule has 0 N–H and O–H groups in total. The summed E-state index contributed by atoms with van der Waals surface area (Å²) in [6, 6.07) is 0. The Balaban J connectivity index is 4.07. The van der Waals surface area contributed by atoms with Crippen molar-refractivity contribution in [1.82, 2.24) is 0 Å². The van der Waals surface area contributed by atoms with Crippen LogP contribution >= 0.6 is 0 Å². The van der Waals surface area contributed by atoms with Crippen molar-refractivity contribution in [1.29, 1.82) is 0 Å². The molecule has 0 fully saturated rings. The summed E-state index contributed by atoms with van der Waals surface area (Å²) in [5.74, 6) is -0.838. The molecule has 0 amide bonds. The molecular weight excluding hydrogens is 901 g/mol. The maximum Gasteiger partial charge on any atom is 0.306 e. The molecule has 0 rings (SSSR count). The molecule has 6 nitrogen and oxygen atoms in total. The quantitative estimate of drug-likeness (QED) is 0.0261. The molecule has 0 saturated heterocycles. The Kier molecular flexibility index (Phi) is 61.1. The molecule has 0 spiro atoms. The molecule has 0 aliphatic heterocycles. The first kappa shape index (κ1) is 71.2.